The van der Waals surface area contributed by atoms with Gasteiger partial charge < -0.3 is 10.6 Å². The summed E-state index contributed by atoms with van der Waals surface area (Å²) >= 11 is 0. The smallest absolute Gasteiger partial charge is 0.191 e. The molecule has 0 spiro atoms. The minimum Gasteiger partial charge on any atom is -0.357 e. The van der Waals surface area contributed by atoms with Gasteiger partial charge in [-0.2, -0.15) is 0 Å². The van der Waals surface area contributed by atoms with E-state index in [-0.39, 0.29) is 0 Å². The fraction of sp³-hybridized carbons (Fsp3) is 0.929. The van der Waals surface area contributed by atoms with Gasteiger partial charge in [0.25, 0.3) is 0 Å². The van der Waals surface area contributed by atoms with Gasteiger partial charge >= 0.3 is 0 Å². The van der Waals surface area contributed by atoms with Crippen LogP contribution >= 0.6 is 0 Å². The first-order valence-corrected chi connectivity index (χ1v) is 7.41. The lowest BCUT2D eigenvalue weighted by molar-refractivity contribution is 0.610. The molecule has 1 rings (SSSR count). The van der Waals surface area contributed by atoms with Crippen LogP contribution in [0.25, 0.3) is 0 Å². The number of aliphatic imine (C=N–C) groups is 1. The van der Waals surface area contributed by atoms with E-state index < -0.39 is 0 Å². The van der Waals surface area contributed by atoms with Gasteiger partial charge in [-0.3, -0.25) is 4.99 Å². The molecule has 0 amide bonds. The van der Waals surface area contributed by atoms with E-state index in [1.165, 1.54) is 51.4 Å². The van der Waals surface area contributed by atoms with Crippen LogP contribution in [0.4, 0.5) is 0 Å². The summed E-state index contributed by atoms with van der Waals surface area (Å²) in [4.78, 5) is 4.64. The Labute approximate surface area is 106 Å². The van der Waals surface area contributed by atoms with Crippen molar-refractivity contribution < 1.29 is 0 Å². The van der Waals surface area contributed by atoms with Gasteiger partial charge in [0, 0.05) is 19.1 Å². The fourth-order valence-electron chi connectivity index (χ4n) is 2.31. The zero-order valence-electron chi connectivity index (χ0n) is 11.6. The van der Waals surface area contributed by atoms with E-state index in [0.29, 0.717) is 6.04 Å². The Hall–Kier alpha value is -0.730. The first kappa shape index (κ1) is 14.3. The van der Waals surface area contributed by atoms with Gasteiger partial charge in [-0.25, -0.2) is 0 Å². The number of nitrogens with zero attached hydrogens (tertiary/aromatic N) is 1. The minimum atomic E-state index is 0.656. The van der Waals surface area contributed by atoms with Gasteiger partial charge in [-0.15, -0.1) is 0 Å². The molecule has 2 N–H and O–H groups in total. The Bertz CT molecular complexity index is 208. The van der Waals surface area contributed by atoms with Crippen LogP contribution in [0.15, 0.2) is 4.99 Å². The number of hydrogen-bond donors (Lipinski definition) is 2. The zero-order chi connectivity index (χ0) is 12.3. The fourth-order valence-corrected chi connectivity index (χ4v) is 2.31. The van der Waals surface area contributed by atoms with E-state index in [1.807, 2.05) is 0 Å². The molecule has 0 aromatic heterocycles. The molecule has 0 aromatic carbocycles. The Morgan fingerprint density at radius 3 is 2.53 bits per heavy atom. The van der Waals surface area contributed by atoms with Crippen LogP contribution in [0.1, 0.15) is 65.2 Å². The lowest BCUT2D eigenvalue weighted by Gasteiger charge is -2.16. The van der Waals surface area contributed by atoms with Crippen molar-refractivity contribution in [1.29, 1.82) is 0 Å². The highest BCUT2D eigenvalue weighted by Crippen LogP contribution is 2.17. The predicted molar refractivity (Wildman–Crippen MR) is 75.5 cm³/mol. The van der Waals surface area contributed by atoms with Crippen molar-refractivity contribution in [2.75, 3.05) is 13.1 Å². The van der Waals surface area contributed by atoms with Gasteiger partial charge in [0.15, 0.2) is 5.96 Å². The predicted octanol–water partition coefficient (Wildman–Crippen LogP) is 3.06. The summed E-state index contributed by atoms with van der Waals surface area (Å²) in [5.74, 6) is 1.02. The van der Waals surface area contributed by atoms with Gasteiger partial charge in [-0.05, 0) is 26.2 Å². The monoisotopic (exact) mass is 239 g/mol. The van der Waals surface area contributed by atoms with Crippen LogP contribution in [0.3, 0.4) is 0 Å². The van der Waals surface area contributed by atoms with E-state index in [4.69, 9.17) is 0 Å². The second-order valence-electron chi connectivity index (χ2n) is 4.95. The average Bonchev–Trinajstić information content (AvgIpc) is 2.82. The van der Waals surface area contributed by atoms with Crippen LogP contribution in [-0.2, 0) is 0 Å². The van der Waals surface area contributed by atoms with Crippen molar-refractivity contribution in [2.24, 2.45) is 4.99 Å². The maximum absolute atomic E-state index is 4.64. The highest BCUT2D eigenvalue weighted by atomic mass is 15.2. The number of unbranched alkanes of at least 4 members (excludes halogenated alkanes) is 3. The second-order valence-corrected chi connectivity index (χ2v) is 4.95. The van der Waals surface area contributed by atoms with Crippen molar-refractivity contribution in [1.82, 2.24) is 10.6 Å². The topological polar surface area (TPSA) is 36.4 Å². The number of guanidine groups is 1. The summed E-state index contributed by atoms with van der Waals surface area (Å²) in [5.41, 5.74) is 0. The molecule has 0 unspecified atom stereocenters. The Kier molecular flexibility index (Phi) is 7.85. The van der Waals surface area contributed by atoms with Crippen LogP contribution in [0.5, 0.6) is 0 Å². The zero-order valence-corrected chi connectivity index (χ0v) is 11.6. The second kappa shape index (κ2) is 9.32. The largest absolute Gasteiger partial charge is 0.357 e. The molecule has 0 atom stereocenters. The molecular formula is C14H29N3. The Morgan fingerprint density at radius 1 is 1.12 bits per heavy atom. The highest BCUT2D eigenvalue weighted by molar-refractivity contribution is 5.80. The van der Waals surface area contributed by atoms with E-state index in [9.17, 15) is 0 Å². The van der Waals surface area contributed by atoms with E-state index >= 15 is 0 Å². The average molecular weight is 239 g/mol. The standard InChI is InChI=1S/C14H29N3/c1-3-5-6-9-12-16-14(15-4-2)17-13-10-7-8-11-13/h13H,3-12H2,1-2H3,(H2,15,16,17). The first-order valence-electron chi connectivity index (χ1n) is 7.41. The molecule has 3 nitrogen and oxygen atoms in total. The number of hydrogen-bond acceptors (Lipinski definition) is 1. The van der Waals surface area contributed by atoms with Gasteiger partial charge in [0.2, 0.25) is 0 Å². The molecule has 0 aliphatic heterocycles. The molecule has 1 fully saturated rings. The molecule has 3 heteroatoms. The van der Waals surface area contributed by atoms with Crippen LogP contribution < -0.4 is 10.6 Å². The third-order valence-electron chi connectivity index (χ3n) is 3.32. The van der Waals surface area contributed by atoms with Crippen molar-refractivity contribution in [3.8, 4) is 0 Å². The molecule has 0 heterocycles. The van der Waals surface area contributed by atoms with E-state index in [0.717, 1.165) is 19.0 Å². The summed E-state index contributed by atoms with van der Waals surface area (Å²) < 4.78 is 0. The van der Waals surface area contributed by atoms with Crippen molar-refractivity contribution in [3.05, 3.63) is 0 Å². The molecule has 0 bridgehead atoms. The molecule has 1 aliphatic carbocycles. The molecular weight excluding hydrogens is 210 g/mol. The molecule has 0 aromatic rings. The summed E-state index contributed by atoms with van der Waals surface area (Å²) in [6.07, 6.45) is 10.5. The molecule has 1 aliphatic rings. The lowest BCUT2D eigenvalue weighted by atomic mass is 10.2. The highest BCUT2D eigenvalue weighted by Gasteiger charge is 2.15. The summed E-state index contributed by atoms with van der Waals surface area (Å²) in [6.45, 7) is 6.29. The normalized spacial score (nSPS) is 17.4. The minimum absolute atomic E-state index is 0.656. The van der Waals surface area contributed by atoms with Crippen LogP contribution in [0, 0.1) is 0 Å². The SMILES string of the molecule is CCCCCCN=C(NCC)NC1CCCC1. The first-order chi connectivity index (χ1) is 8.36. The van der Waals surface area contributed by atoms with Crippen molar-refractivity contribution in [2.45, 2.75) is 71.3 Å². The Balaban J connectivity index is 2.22. The molecule has 0 saturated heterocycles. The van der Waals surface area contributed by atoms with Gasteiger partial charge in [0.05, 0.1) is 0 Å². The molecule has 0 radical (unpaired) electrons. The summed E-state index contributed by atoms with van der Waals surface area (Å²) in [5, 5.41) is 6.89. The van der Waals surface area contributed by atoms with Gasteiger partial charge in [-0.1, -0.05) is 39.0 Å². The van der Waals surface area contributed by atoms with Crippen molar-refractivity contribution in [3.63, 3.8) is 0 Å². The Morgan fingerprint density at radius 2 is 1.88 bits per heavy atom. The molecule has 17 heavy (non-hydrogen) atoms. The maximum atomic E-state index is 4.64. The number of rotatable bonds is 7. The quantitative estimate of drug-likeness (QED) is 0.407. The lowest BCUT2D eigenvalue weighted by Crippen LogP contribution is -2.42. The van der Waals surface area contributed by atoms with Gasteiger partial charge in [0.1, 0.15) is 0 Å². The summed E-state index contributed by atoms with van der Waals surface area (Å²) in [6, 6.07) is 0.656. The van der Waals surface area contributed by atoms with Crippen LogP contribution in [0.2, 0.25) is 0 Å². The molecule has 1 saturated carbocycles. The van der Waals surface area contributed by atoms with Crippen molar-refractivity contribution >= 4 is 5.96 Å². The third-order valence-corrected chi connectivity index (χ3v) is 3.32. The van der Waals surface area contributed by atoms with E-state index in [1.54, 1.807) is 0 Å². The van der Waals surface area contributed by atoms with Crippen LogP contribution in [-0.4, -0.2) is 25.1 Å². The summed E-state index contributed by atoms with van der Waals surface area (Å²) in [7, 11) is 0. The maximum Gasteiger partial charge on any atom is 0.191 e. The third kappa shape index (κ3) is 6.54. The molecule has 100 valence electrons. The van der Waals surface area contributed by atoms with E-state index in [2.05, 4.69) is 29.5 Å². The number of nitrogens with one attached hydrogen (secondary N) is 2.